The van der Waals surface area contributed by atoms with E-state index >= 15 is 0 Å². The molecule has 2 rings (SSSR count). The van der Waals surface area contributed by atoms with Crippen LogP contribution in [0.4, 0.5) is 0 Å². The molecule has 1 atom stereocenters. The van der Waals surface area contributed by atoms with Crippen molar-refractivity contribution < 1.29 is 4.74 Å². The van der Waals surface area contributed by atoms with Gasteiger partial charge in [-0.15, -0.1) is 0 Å². The smallest absolute Gasteiger partial charge is 0.0936 e. The first-order valence-corrected chi connectivity index (χ1v) is 6.39. The molecule has 0 aliphatic carbocycles. The summed E-state index contributed by atoms with van der Waals surface area (Å²) >= 11 is 0. The molecule has 2 saturated heterocycles. The van der Waals surface area contributed by atoms with E-state index in [4.69, 9.17) is 4.74 Å². The fraction of sp³-hybridized carbons (Fsp3) is 1.00. The molecule has 3 heteroatoms. The van der Waals surface area contributed by atoms with Crippen LogP contribution in [0.3, 0.4) is 0 Å². The van der Waals surface area contributed by atoms with Crippen molar-refractivity contribution in [3.8, 4) is 0 Å². The van der Waals surface area contributed by atoms with Crippen molar-refractivity contribution in [1.82, 2.24) is 10.2 Å². The summed E-state index contributed by atoms with van der Waals surface area (Å²) in [6.07, 6.45) is 2.95. The van der Waals surface area contributed by atoms with Gasteiger partial charge in [-0.3, -0.25) is 0 Å². The highest BCUT2D eigenvalue weighted by Crippen LogP contribution is 2.31. The number of ether oxygens (including phenoxy) is 1. The van der Waals surface area contributed by atoms with Crippen LogP contribution in [0.2, 0.25) is 0 Å². The largest absolute Gasteiger partial charge is 0.372 e. The van der Waals surface area contributed by atoms with Crippen molar-refractivity contribution in [3.63, 3.8) is 0 Å². The zero-order valence-corrected chi connectivity index (χ0v) is 11.3. The van der Waals surface area contributed by atoms with E-state index in [1.807, 2.05) is 0 Å². The lowest BCUT2D eigenvalue weighted by Gasteiger charge is -2.49. The van der Waals surface area contributed by atoms with E-state index < -0.39 is 0 Å². The minimum Gasteiger partial charge on any atom is -0.372 e. The third-order valence-electron chi connectivity index (χ3n) is 3.69. The lowest BCUT2D eigenvalue weighted by atomic mass is 9.79. The summed E-state index contributed by atoms with van der Waals surface area (Å²) in [5.41, 5.74) is 0.482. The SMILES string of the molecule is CN(CC1CO1)C1CC(C)(C)NC(C)(C)C1. The van der Waals surface area contributed by atoms with Crippen LogP contribution in [0.25, 0.3) is 0 Å². The van der Waals surface area contributed by atoms with Crippen molar-refractivity contribution in [2.45, 2.75) is 63.8 Å². The number of nitrogens with zero attached hydrogens (tertiary/aromatic N) is 1. The summed E-state index contributed by atoms with van der Waals surface area (Å²) in [6.45, 7) is 11.3. The van der Waals surface area contributed by atoms with Crippen molar-refractivity contribution in [1.29, 1.82) is 0 Å². The fourth-order valence-corrected chi connectivity index (χ4v) is 3.22. The van der Waals surface area contributed by atoms with Gasteiger partial charge in [0, 0.05) is 23.7 Å². The Hall–Kier alpha value is -0.120. The maximum Gasteiger partial charge on any atom is 0.0936 e. The summed E-state index contributed by atoms with van der Waals surface area (Å²) in [7, 11) is 2.24. The Bertz CT molecular complexity index is 243. The first kappa shape index (κ1) is 12.3. The van der Waals surface area contributed by atoms with Gasteiger partial charge in [0.1, 0.15) is 0 Å². The highest BCUT2D eigenvalue weighted by atomic mass is 16.6. The topological polar surface area (TPSA) is 27.8 Å². The van der Waals surface area contributed by atoms with Crippen LogP contribution in [0, 0.1) is 0 Å². The van der Waals surface area contributed by atoms with Gasteiger partial charge in [0.05, 0.1) is 12.7 Å². The van der Waals surface area contributed by atoms with Crippen LogP contribution in [0.5, 0.6) is 0 Å². The van der Waals surface area contributed by atoms with Crippen LogP contribution < -0.4 is 5.32 Å². The molecule has 0 radical (unpaired) electrons. The number of hydrogen-bond donors (Lipinski definition) is 1. The zero-order chi connectivity index (χ0) is 12.0. The molecule has 2 heterocycles. The van der Waals surface area contributed by atoms with E-state index in [2.05, 4.69) is 45.0 Å². The molecule has 0 amide bonds. The van der Waals surface area contributed by atoms with E-state index in [0.717, 1.165) is 13.2 Å². The van der Waals surface area contributed by atoms with Crippen molar-refractivity contribution in [2.24, 2.45) is 0 Å². The maximum absolute atomic E-state index is 5.32. The van der Waals surface area contributed by atoms with Crippen LogP contribution in [0.1, 0.15) is 40.5 Å². The maximum atomic E-state index is 5.32. The summed E-state index contributed by atoms with van der Waals surface area (Å²) in [4.78, 5) is 2.49. The van der Waals surface area contributed by atoms with Crippen molar-refractivity contribution in [2.75, 3.05) is 20.2 Å². The lowest BCUT2D eigenvalue weighted by molar-refractivity contribution is 0.0775. The Morgan fingerprint density at radius 3 is 2.12 bits per heavy atom. The third-order valence-corrected chi connectivity index (χ3v) is 3.69. The summed E-state index contributed by atoms with van der Waals surface area (Å²) in [6, 6.07) is 0.676. The summed E-state index contributed by atoms with van der Waals surface area (Å²) in [5.74, 6) is 0. The first-order valence-electron chi connectivity index (χ1n) is 6.39. The summed E-state index contributed by atoms with van der Waals surface area (Å²) < 4.78 is 5.32. The second-order valence-electron chi connectivity index (χ2n) is 6.85. The Morgan fingerprint density at radius 1 is 1.19 bits per heavy atom. The van der Waals surface area contributed by atoms with Crippen molar-refractivity contribution in [3.05, 3.63) is 0 Å². The molecule has 0 aromatic carbocycles. The third kappa shape index (κ3) is 3.19. The van der Waals surface area contributed by atoms with Gasteiger partial charge in [-0.25, -0.2) is 0 Å². The Morgan fingerprint density at radius 2 is 1.69 bits per heavy atom. The molecule has 2 fully saturated rings. The average Bonchev–Trinajstić information content (AvgIpc) is 2.82. The number of rotatable bonds is 3. The number of likely N-dealkylation sites (N-methyl/N-ethyl adjacent to an activating group) is 1. The van der Waals surface area contributed by atoms with Crippen LogP contribution in [0.15, 0.2) is 0 Å². The number of hydrogen-bond acceptors (Lipinski definition) is 3. The van der Waals surface area contributed by atoms with Crippen LogP contribution in [-0.4, -0.2) is 48.3 Å². The Balaban J connectivity index is 1.97. The molecule has 3 nitrogen and oxygen atoms in total. The van der Waals surface area contributed by atoms with E-state index in [0.29, 0.717) is 12.1 Å². The molecule has 1 N–H and O–H groups in total. The van der Waals surface area contributed by atoms with Crippen molar-refractivity contribution >= 4 is 0 Å². The molecule has 2 aliphatic rings. The molecular formula is C13H26N2O. The minimum absolute atomic E-state index is 0.241. The quantitative estimate of drug-likeness (QED) is 0.741. The second-order valence-corrected chi connectivity index (χ2v) is 6.85. The number of epoxide rings is 1. The highest BCUT2D eigenvalue weighted by Gasteiger charge is 2.40. The van der Waals surface area contributed by atoms with Gasteiger partial charge in [-0.05, 0) is 47.6 Å². The average molecular weight is 226 g/mol. The fourth-order valence-electron chi connectivity index (χ4n) is 3.22. The van der Waals surface area contributed by atoms with E-state index in [1.54, 1.807) is 0 Å². The molecule has 94 valence electrons. The Kier molecular flexibility index (Phi) is 3.06. The van der Waals surface area contributed by atoms with Gasteiger partial charge >= 0.3 is 0 Å². The number of piperidine rings is 1. The molecule has 0 saturated carbocycles. The predicted octanol–water partition coefficient (Wildman–Crippen LogP) is 1.63. The molecule has 0 spiro atoms. The second kappa shape index (κ2) is 3.97. The van der Waals surface area contributed by atoms with Gasteiger partial charge in [0.25, 0.3) is 0 Å². The van der Waals surface area contributed by atoms with Gasteiger partial charge < -0.3 is 15.0 Å². The lowest BCUT2D eigenvalue weighted by Crippen LogP contribution is -2.62. The molecule has 0 aromatic heterocycles. The van der Waals surface area contributed by atoms with E-state index in [-0.39, 0.29) is 11.1 Å². The predicted molar refractivity (Wildman–Crippen MR) is 66.7 cm³/mol. The zero-order valence-electron chi connectivity index (χ0n) is 11.3. The number of nitrogens with one attached hydrogen (secondary N) is 1. The van der Waals surface area contributed by atoms with Crippen LogP contribution >= 0.6 is 0 Å². The molecular weight excluding hydrogens is 200 g/mol. The standard InChI is InChI=1S/C13H26N2O/c1-12(2)6-10(7-13(3,4)14-12)15(5)8-11-9-16-11/h10-11,14H,6-9H2,1-5H3. The molecule has 0 aromatic rings. The van der Waals surface area contributed by atoms with E-state index in [1.165, 1.54) is 12.8 Å². The van der Waals surface area contributed by atoms with Gasteiger partial charge in [0.2, 0.25) is 0 Å². The van der Waals surface area contributed by atoms with Crippen LogP contribution in [-0.2, 0) is 4.74 Å². The van der Waals surface area contributed by atoms with Gasteiger partial charge in [0.15, 0.2) is 0 Å². The summed E-state index contributed by atoms with van der Waals surface area (Å²) in [5, 5.41) is 3.73. The molecule has 0 bridgehead atoms. The normalized spacial score (nSPS) is 33.0. The monoisotopic (exact) mass is 226 g/mol. The first-order chi connectivity index (χ1) is 7.27. The molecule has 16 heavy (non-hydrogen) atoms. The molecule has 1 unspecified atom stereocenters. The van der Waals surface area contributed by atoms with E-state index in [9.17, 15) is 0 Å². The molecule has 2 aliphatic heterocycles. The minimum atomic E-state index is 0.241. The van der Waals surface area contributed by atoms with Gasteiger partial charge in [-0.2, -0.15) is 0 Å². The van der Waals surface area contributed by atoms with Gasteiger partial charge in [-0.1, -0.05) is 0 Å². The Labute approximate surface area is 99.5 Å². The highest BCUT2D eigenvalue weighted by molar-refractivity contribution is 5.00.